The number of piperidine rings is 1. The first-order valence-electron chi connectivity index (χ1n) is 11.8. The number of aromatic nitrogens is 5. The largest absolute Gasteiger partial charge is 0.444 e. The van der Waals surface area contributed by atoms with Crippen LogP contribution in [0.3, 0.4) is 0 Å². The predicted molar refractivity (Wildman–Crippen MR) is 128 cm³/mol. The zero-order valence-electron chi connectivity index (χ0n) is 20.9. The Morgan fingerprint density at radius 3 is 2.67 bits per heavy atom. The average Bonchev–Trinajstić information content (AvgIpc) is 3.19. The number of hydrogen-bond acceptors (Lipinski definition) is 7. The van der Waals surface area contributed by atoms with Crippen LogP contribution in [0, 0.1) is 6.92 Å². The van der Waals surface area contributed by atoms with E-state index in [4.69, 9.17) is 4.74 Å². The Morgan fingerprint density at radius 1 is 1.22 bits per heavy atom. The average molecular weight is 506 g/mol. The highest BCUT2D eigenvalue weighted by molar-refractivity contribution is 5.68. The molecule has 1 N–H and O–H groups in total. The fourth-order valence-electron chi connectivity index (χ4n) is 4.13. The van der Waals surface area contributed by atoms with E-state index in [-0.39, 0.29) is 17.8 Å². The molecule has 4 heterocycles. The van der Waals surface area contributed by atoms with Gasteiger partial charge in [-0.05, 0) is 59.1 Å². The fourth-order valence-corrected chi connectivity index (χ4v) is 4.13. The van der Waals surface area contributed by atoms with Crippen molar-refractivity contribution in [3.63, 3.8) is 0 Å². The van der Waals surface area contributed by atoms with Crippen molar-refractivity contribution in [2.24, 2.45) is 0 Å². The van der Waals surface area contributed by atoms with E-state index in [1.54, 1.807) is 24.1 Å². The molecule has 1 amide bonds. The minimum atomic E-state index is -4.41. The van der Waals surface area contributed by atoms with Gasteiger partial charge in [-0.1, -0.05) is 0 Å². The van der Waals surface area contributed by atoms with Gasteiger partial charge in [0.2, 0.25) is 0 Å². The van der Waals surface area contributed by atoms with Crippen LogP contribution in [0.2, 0.25) is 0 Å². The van der Waals surface area contributed by atoms with E-state index in [0.29, 0.717) is 41.5 Å². The summed E-state index contributed by atoms with van der Waals surface area (Å²) in [6.07, 6.45) is 1.46. The van der Waals surface area contributed by atoms with E-state index < -0.39 is 17.7 Å². The van der Waals surface area contributed by atoms with Crippen molar-refractivity contribution in [3.05, 3.63) is 35.9 Å². The molecule has 1 saturated heterocycles. The number of carbonyl (C=O) groups is 1. The number of hydrogen-bond donors (Lipinski definition) is 1. The molecule has 0 radical (unpaired) electrons. The third-order valence-corrected chi connectivity index (χ3v) is 5.94. The maximum absolute atomic E-state index is 13.4. The first-order valence-corrected chi connectivity index (χ1v) is 11.8. The lowest BCUT2D eigenvalue weighted by atomic mass is 10.0. The van der Waals surface area contributed by atoms with Crippen LogP contribution in [0.4, 0.5) is 23.8 Å². The van der Waals surface area contributed by atoms with Gasteiger partial charge in [0.15, 0.2) is 5.65 Å². The molecule has 9 nitrogen and oxygen atoms in total. The van der Waals surface area contributed by atoms with E-state index in [1.165, 1.54) is 16.9 Å². The zero-order chi connectivity index (χ0) is 26.3. The third-order valence-electron chi connectivity index (χ3n) is 5.94. The Hall–Kier alpha value is -3.44. The SMILES string of the molecule is Cc1cc2ncc(-c3cncc(N[C@@H]4CCCN(C(=O)OC(C)(C)C)C4)n3)n2nc1C(C)C(F)(F)F. The minimum Gasteiger partial charge on any atom is -0.444 e. The number of nitrogens with one attached hydrogen (secondary N) is 1. The highest BCUT2D eigenvalue weighted by atomic mass is 19.4. The first-order chi connectivity index (χ1) is 16.8. The molecule has 4 rings (SSSR count). The Labute approximate surface area is 207 Å². The molecule has 0 aliphatic carbocycles. The van der Waals surface area contributed by atoms with Gasteiger partial charge in [-0.2, -0.15) is 18.3 Å². The summed E-state index contributed by atoms with van der Waals surface area (Å²) in [7, 11) is 0. The highest BCUT2D eigenvalue weighted by Crippen LogP contribution is 2.35. The van der Waals surface area contributed by atoms with Gasteiger partial charge in [-0.3, -0.25) is 4.98 Å². The van der Waals surface area contributed by atoms with Crippen LogP contribution in [0.5, 0.6) is 0 Å². The van der Waals surface area contributed by atoms with E-state index in [9.17, 15) is 18.0 Å². The maximum Gasteiger partial charge on any atom is 0.410 e. The number of amides is 1. The summed E-state index contributed by atoms with van der Waals surface area (Å²) >= 11 is 0. The second-order valence-electron chi connectivity index (χ2n) is 10.1. The van der Waals surface area contributed by atoms with Crippen molar-refractivity contribution in [3.8, 4) is 11.4 Å². The molecular formula is C24H30F3N7O2. The summed E-state index contributed by atoms with van der Waals surface area (Å²) in [6.45, 7) is 9.24. The molecule has 3 aromatic rings. The van der Waals surface area contributed by atoms with Gasteiger partial charge in [0.25, 0.3) is 0 Å². The Bertz CT molecular complexity index is 1250. The lowest BCUT2D eigenvalue weighted by Gasteiger charge is -2.34. The number of likely N-dealkylation sites (tertiary alicyclic amines) is 1. The van der Waals surface area contributed by atoms with Gasteiger partial charge < -0.3 is 15.0 Å². The second kappa shape index (κ2) is 9.55. The number of halogens is 3. The summed E-state index contributed by atoms with van der Waals surface area (Å²) in [5.74, 6) is -1.25. The number of ether oxygens (including phenoxy) is 1. The summed E-state index contributed by atoms with van der Waals surface area (Å²) in [6, 6.07) is 1.52. The van der Waals surface area contributed by atoms with E-state index in [0.717, 1.165) is 19.8 Å². The third kappa shape index (κ3) is 5.68. The molecule has 1 unspecified atom stereocenters. The van der Waals surface area contributed by atoms with Crippen LogP contribution >= 0.6 is 0 Å². The molecule has 0 saturated carbocycles. The molecular weight excluding hydrogens is 475 g/mol. The fraction of sp³-hybridized carbons (Fsp3) is 0.542. The van der Waals surface area contributed by atoms with Gasteiger partial charge in [0.05, 0.1) is 30.2 Å². The molecule has 1 fully saturated rings. The zero-order valence-corrected chi connectivity index (χ0v) is 20.9. The van der Waals surface area contributed by atoms with Gasteiger partial charge in [0.1, 0.15) is 22.8 Å². The Balaban J connectivity index is 1.56. The molecule has 12 heteroatoms. The Kier molecular flexibility index (Phi) is 6.80. The maximum atomic E-state index is 13.4. The van der Waals surface area contributed by atoms with Crippen LogP contribution in [0.15, 0.2) is 24.7 Å². The Morgan fingerprint density at radius 2 is 1.97 bits per heavy atom. The molecule has 0 spiro atoms. The molecule has 2 atom stereocenters. The van der Waals surface area contributed by atoms with E-state index >= 15 is 0 Å². The smallest absolute Gasteiger partial charge is 0.410 e. The van der Waals surface area contributed by atoms with Gasteiger partial charge in [0, 0.05) is 19.1 Å². The number of aryl methyl sites for hydroxylation is 1. The van der Waals surface area contributed by atoms with E-state index in [2.05, 4.69) is 25.4 Å². The molecule has 0 aromatic carbocycles. The van der Waals surface area contributed by atoms with Crippen molar-refractivity contribution >= 4 is 17.6 Å². The number of alkyl halides is 3. The highest BCUT2D eigenvalue weighted by Gasteiger charge is 2.39. The van der Waals surface area contributed by atoms with Crippen LogP contribution in [-0.2, 0) is 4.74 Å². The van der Waals surface area contributed by atoms with Crippen LogP contribution in [0.25, 0.3) is 17.0 Å². The number of carbonyl (C=O) groups excluding carboxylic acids is 1. The summed E-state index contributed by atoms with van der Waals surface area (Å²) in [4.78, 5) is 27.3. The quantitative estimate of drug-likeness (QED) is 0.535. The monoisotopic (exact) mass is 505 g/mol. The molecule has 0 bridgehead atoms. The molecule has 1 aliphatic heterocycles. The van der Waals surface area contributed by atoms with Crippen molar-refractivity contribution in [1.82, 2.24) is 29.5 Å². The predicted octanol–water partition coefficient (Wildman–Crippen LogP) is 4.97. The number of rotatable bonds is 4. The first kappa shape index (κ1) is 25.6. The van der Waals surface area contributed by atoms with Crippen LogP contribution in [-0.4, -0.2) is 66.5 Å². The van der Waals surface area contributed by atoms with Gasteiger partial charge in [-0.25, -0.2) is 19.3 Å². The number of nitrogens with zero attached hydrogens (tertiary/aromatic N) is 6. The molecule has 36 heavy (non-hydrogen) atoms. The van der Waals surface area contributed by atoms with Crippen LogP contribution < -0.4 is 5.32 Å². The second-order valence-corrected chi connectivity index (χ2v) is 10.1. The van der Waals surface area contributed by atoms with Gasteiger partial charge in [-0.15, -0.1) is 0 Å². The molecule has 194 valence electrons. The van der Waals surface area contributed by atoms with Crippen molar-refractivity contribution in [1.29, 1.82) is 0 Å². The topological polar surface area (TPSA) is 97.5 Å². The molecule has 3 aromatic heterocycles. The number of anilines is 1. The van der Waals surface area contributed by atoms with Crippen molar-refractivity contribution in [2.75, 3.05) is 18.4 Å². The van der Waals surface area contributed by atoms with E-state index in [1.807, 2.05) is 20.8 Å². The van der Waals surface area contributed by atoms with Crippen molar-refractivity contribution in [2.45, 2.75) is 71.2 Å². The van der Waals surface area contributed by atoms with Gasteiger partial charge >= 0.3 is 12.3 Å². The summed E-state index contributed by atoms with van der Waals surface area (Å²) < 4.78 is 47.0. The lowest BCUT2D eigenvalue weighted by molar-refractivity contribution is -0.147. The lowest BCUT2D eigenvalue weighted by Crippen LogP contribution is -2.47. The normalized spacial score (nSPS) is 17.8. The van der Waals surface area contributed by atoms with Crippen LogP contribution in [0.1, 0.15) is 57.7 Å². The van der Waals surface area contributed by atoms with Crippen molar-refractivity contribution < 1.29 is 22.7 Å². The minimum absolute atomic E-state index is 0.0574. The molecule has 1 aliphatic rings. The summed E-state index contributed by atoms with van der Waals surface area (Å²) in [5.41, 5.74) is 1.03. The number of fused-ring (bicyclic) bond motifs is 1. The standard InChI is InChI=1S/C24H30F3N7O2/c1-14-9-20-29-11-18(34(20)32-21(14)15(2)24(25,26)27)17-10-28-12-19(31-17)30-16-7-6-8-33(13-16)22(35)36-23(3,4)5/h9-12,15-16H,6-8,13H2,1-5H3,(H,30,31)/t15?,16-/m1/s1. The summed E-state index contributed by atoms with van der Waals surface area (Å²) in [5, 5.41) is 7.58. The number of imidazole rings is 1.